The van der Waals surface area contributed by atoms with Gasteiger partial charge in [0.15, 0.2) is 17.5 Å². The van der Waals surface area contributed by atoms with Crippen LogP contribution in [0.4, 0.5) is 0 Å². The van der Waals surface area contributed by atoms with Crippen molar-refractivity contribution in [1.82, 2.24) is 19.5 Å². The summed E-state index contributed by atoms with van der Waals surface area (Å²) in [7, 11) is 0. The maximum absolute atomic E-state index is 7.10. The van der Waals surface area contributed by atoms with E-state index in [1.165, 1.54) is 32.3 Å². The minimum absolute atomic E-state index is 0.498. The number of hydrogen-bond acceptors (Lipinski definition) is 5. The fraction of sp³-hybridized carbons (Fsp3) is 0. The molecule has 14 rings (SSSR count). The van der Waals surface area contributed by atoms with Gasteiger partial charge >= 0.3 is 0 Å². The van der Waals surface area contributed by atoms with Gasteiger partial charge in [-0.05, 0) is 64.0 Å². The van der Waals surface area contributed by atoms with E-state index < -0.39 is 0 Å². The summed E-state index contributed by atoms with van der Waals surface area (Å²) >= 11 is 0. The van der Waals surface area contributed by atoms with E-state index in [1.807, 2.05) is 60.7 Å². The van der Waals surface area contributed by atoms with E-state index >= 15 is 0 Å². The minimum atomic E-state index is 0.498. The largest absolute Gasteiger partial charge is 0.455 e. The maximum Gasteiger partial charge on any atom is 0.167 e. The normalized spacial score (nSPS) is 12.1. The van der Waals surface area contributed by atoms with E-state index in [1.54, 1.807) is 0 Å². The molecule has 0 aliphatic rings. The molecule has 0 spiro atoms. The first-order valence-corrected chi connectivity index (χ1v) is 21.2. The van der Waals surface area contributed by atoms with Gasteiger partial charge in [-0.3, -0.25) is 0 Å². The van der Waals surface area contributed by atoms with Crippen molar-refractivity contribution in [3.05, 3.63) is 194 Å². The molecule has 0 atom stereocenters. The quantitative estimate of drug-likeness (QED) is 0.177. The first kappa shape index (κ1) is 34.1. The first-order chi connectivity index (χ1) is 31.2. The summed E-state index contributed by atoms with van der Waals surface area (Å²) in [5, 5.41) is 13.3. The Balaban J connectivity index is 1.13. The molecule has 0 radical (unpaired) electrons. The van der Waals surface area contributed by atoms with Crippen molar-refractivity contribution in [3.63, 3.8) is 0 Å². The molecule has 0 bridgehead atoms. The second-order valence-corrected chi connectivity index (χ2v) is 16.3. The molecule has 4 aromatic heterocycles. The van der Waals surface area contributed by atoms with Crippen molar-refractivity contribution in [2.75, 3.05) is 0 Å². The number of furan rings is 2. The van der Waals surface area contributed by atoms with Crippen LogP contribution in [0.15, 0.2) is 203 Å². The van der Waals surface area contributed by atoms with Crippen molar-refractivity contribution in [2.24, 2.45) is 0 Å². The predicted octanol–water partition coefficient (Wildman–Crippen LogP) is 15.2. The Labute approximate surface area is 358 Å². The fourth-order valence-electron chi connectivity index (χ4n) is 9.87. The average molecular weight is 805 g/mol. The highest BCUT2D eigenvalue weighted by Crippen LogP contribution is 2.44. The van der Waals surface area contributed by atoms with Crippen LogP contribution in [0.3, 0.4) is 0 Å². The van der Waals surface area contributed by atoms with Crippen LogP contribution in [-0.4, -0.2) is 19.5 Å². The average Bonchev–Trinajstić information content (AvgIpc) is 4.03. The number of fused-ring (bicyclic) bond motifs is 14. The lowest BCUT2D eigenvalue weighted by Crippen LogP contribution is -2.02. The third kappa shape index (κ3) is 5.03. The van der Waals surface area contributed by atoms with Gasteiger partial charge in [0.25, 0.3) is 0 Å². The highest BCUT2D eigenvalue weighted by atomic mass is 16.3. The number of benzene rings is 10. The van der Waals surface area contributed by atoms with E-state index in [2.05, 4.69) is 138 Å². The molecule has 14 aromatic rings. The predicted molar refractivity (Wildman–Crippen MR) is 258 cm³/mol. The summed E-state index contributed by atoms with van der Waals surface area (Å²) in [6, 6.07) is 68.1. The van der Waals surface area contributed by atoms with E-state index in [0.717, 1.165) is 82.5 Å². The molecule has 4 heterocycles. The Morgan fingerprint density at radius 2 is 0.937 bits per heavy atom. The molecule has 10 aromatic carbocycles. The second kappa shape index (κ2) is 12.9. The molecule has 63 heavy (non-hydrogen) atoms. The van der Waals surface area contributed by atoms with Gasteiger partial charge in [-0.2, -0.15) is 0 Å². The highest BCUT2D eigenvalue weighted by molar-refractivity contribution is 6.22. The molecule has 292 valence electrons. The van der Waals surface area contributed by atoms with Gasteiger partial charge in [0.2, 0.25) is 0 Å². The van der Waals surface area contributed by atoms with Gasteiger partial charge in [-0.25, -0.2) is 15.0 Å². The van der Waals surface area contributed by atoms with Gasteiger partial charge in [0.05, 0.1) is 22.2 Å². The Morgan fingerprint density at radius 3 is 1.76 bits per heavy atom. The van der Waals surface area contributed by atoms with Crippen LogP contribution < -0.4 is 0 Å². The Morgan fingerprint density at radius 1 is 0.333 bits per heavy atom. The van der Waals surface area contributed by atoms with Gasteiger partial charge in [0, 0.05) is 54.3 Å². The first-order valence-electron chi connectivity index (χ1n) is 21.2. The monoisotopic (exact) mass is 804 g/mol. The summed E-state index contributed by atoms with van der Waals surface area (Å²) in [5.41, 5.74) is 8.72. The van der Waals surface area contributed by atoms with Crippen LogP contribution in [0.5, 0.6) is 0 Å². The maximum atomic E-state index is 7.10. The van der Waals surface area contributed by atoms with Crippen LogP contribution in [0, 0.1) is 0 Å². The summed E-state index contributed by atoms with van der Waals surface area (Å²) in [4.78, 5) is 15.9. The van der Waals surface area contributed by atoms with Crippen molar-refractivity contribution in [1.29, 1.82) is 0 Å². The third-order valence-corrected chi connectivity index (χ3v) is 12.8. The lowest BCUT2D eigenvalue weighted by molar-refractivity contribution is 0.669. The fourth-order valence-corrected chi connectivity index (χ4v) is 9.87. The zero-order valence-electron chi connectivity index (χ0n) is 33.6. The molecule has 0 amide bonds. The molecule has 0 aliphatic heterocycles. The number of hydrogen-bond donors (Lipinski definition) is 0. The lowest BCUT2D eigenvalue weighted by atomic mass is 10.0. The summed E-state index contributed by atoms with van der Waals surface area (Å²) in [5.74, 6) is 1.56. The van der Waals surface area contributed by atoms with Crippen LogP contribution >= 0.6 is 0 Å². The Hall–Kier alpha value is -8.61. The van der Waals surface area contributed by atoms with Gasteiger partial charge in [0.1, 0.15) is 22.3 Å². The molecule has 0 N–H and O–H groups in total. The van der Waals surface area contributed by atoms with Gasteiger partial charge in [-0.1, -0.05) is 152 Å². The minimum Gasteiger partial charge on any atom is -0.455 e. The zero-order chi connectivity index (χ0) is 41.2. The molecule has 0 unspecified atom stereocenters. The highest BCUT2D eigenvalue weighted by Gasteiger charge is 2.24. The van der Waals surface area contributed by atoms with Crippen LogP contribution in [0.1, 0.15) is 0 Å². The van der Waals surface area contributed by atoms with Gasteiger partial charge < -0.3 is 13.4 Å². The summed E-state index contributed by atoms with van der Waals surface area (Å²) in [6.07, 6.45) is 0. The van der Waals surface area contributed by atoms with E-state index in [-0.39, 0.29) is 0 Å². The standard InChI is InChI=1S/C57H32N4O2/c1-2-15-35(16-3-1)55-58-56(45-23-12-22-43-41-21-10-11-24-50(41)62-53(43)45)60-57(59-55)48-32-38(31-47-44-28-26-34-14-7-9-20-40(34)52(44)63-54(47)48)61-49-30-37-18-5-4-17-36(37)29-46(49)42-27-25-33-13-6-8-19-39(33)51(42)61/h1-32H. The SMILES string of the molecule is c1ccc(-c2nc(-c3cccc4c3oc3ccccc34)nc(-c3cc(-n4c5cc6ccccc6cc5c5ccc6ccccc6c54)cc4c3oc3c5ccccc5ccc43)n2)cc1. The summed E-state index contributed by atoms with van der Waals surface area (Å²) < 4.78 is 16.1. The van der Waals surface area contributed by atoms with Crippen molar-refractivity contribution in [3.8, 4) is 39.9 Å². The molecule has 0 saturated carbocycles. The number of para-hydroxylation sites is 2. The van der Waals surface area contributed by atoms with Gasteiger partial charge in [-0.15, -0.1) is 0 Å². The van der Waals surface area contributed by atoms with Crippen molar-refractivity contribution in [2.45, 2.75) is 0 Å². The van der Waals surface area contributed by atoms with Crippen LogP contribution in [-0.2, 0) is 0 Å². The molecule has 6 heteroatoms. The molecule has 0 fully saturated rings. The van der Waals surface area contributed by atoms with Crippen LogP contribution in [0.2, 0.25) is 0 Å². The molecule has 0 saturated heterocycles. The molecular weight excluding hydrogens is 773 g/mol. The summed E-state index contributed by atoms with van der Waals surface area (Å²) in [6.45, 7) is 0. The molecule has 6 nitrogen and oxygen atoms in total. The van der Waals surface area contributed by atoms with Crippen LogP contribution in [0.25, 0.3) is 138 Å². The van der Waals surface area contributed by atoms with E-state index in [9.17, 15) is 0 Å². The Kier molecular flexibility index (Phi) is 7.02. The number of rotatable bonds is 4. The van der Waals surface area contributed by atoms with Crippen molar-refractivity contribution < 1.29 is 8.83 Å². The Bertz CT molecular complexity index is 4220. The smallest absolute Gasteiger partial charge is 0.167 e. The number of aromatic nitrogens is 4. The third-order valence-electron chi connectivity index (χ3n) is 12.8. The van der Waals surface area contributed by atoms with E-state index in [0.29, 0.717) is 23.1 Å². The second-order valence-electron chi connectivity index (χ2n) is 16.3. The lowest BCUT2D eigenvalue weighted by Gasteiger charge is -2.14. The topological polar surface area (TPSA) is 69.9 Å². The van der Waals surface area contributed by atoms with Crippen molar-refractivity contribution >= 4 is 98.0 Å². The molecular formula is C57H32N4O2. The molecule has 0 aliphatic carbocycles. The van der Waals surface area contributed by atoms with E-state index in [4.69, 9.17) is 23.8 Å². The number of nitrogens with zero attached hydrogens (tertiary/aromatic N) is 4. The zero-order valence-corrected chi connectivity index (χ0v) is 33.6.